The molecule has 1 aromatic rings. The van der Waals surface area contributed by atoms with Crippen LogP contribution in [0.1, 0.15) is 32.2 Å². The Hall–Kier alpha value is -0.880. The van der Waals surface area contributed by atoms with Crippen LogP contribution < -0.4 is 0 Å². The van der Waals surface area contributed by atoms with Crippen LogP contribution in [-0.2, 0) is 16.4 Å². The molecule has 0 saturated heterocycles. The fraction of sp³-hybridized carbons (Fsp3) is 0.750. The molecule has 0 aliphatic carbocycles. The van der Waals surface area contributed by atoms with Gasteiger partial charge in [-0.1, -0.05) is 19.0 Å². The fourth-order valence-electron chi connectivity index (χ4n) is 1.86. The Morgan fingerprint density at radius 2 is 2.11 bits per heavy atom. The largest absolute Gasteiger partial charge is 0.360 e. The van der Waals surface area contributed by atoms with Gasteiger partial charge in [0.2, 0.25) is 0 Å². The molecule has 0 saturated carbocycles. The molecule has 1 rings (SSSR count). The highest BCUT2D eigenvalue weighted by atomic mass is 32.2. The van der Waals surface area contributed by atoms with Gasteiger partial charge >= 0.3 is 0 Å². The summed E-state index contributed by atoms with van der Waals surface area (Å²) in [6.45, 7) is 8.86. The predicted molar refractivity (Wildman–Crippen MR) is 71.1 cm³/mol. The molecular formula is C12H22N2O3S. The van der Waals surface area contributed by atoms with Gasteiger partial charge in [-0.25, -0.2) is 8.42 Å². The summed E-state index contributed by atoms with van der Waals surface area (Å²) in [6, 6.07) is 1.86. The van der Waals surface area contributed by atoms with E-state index in [1.54, 1.807) is 6.92 Å². The Labute approximate surface area is 109 Å². The van der Waals surface area contributed by atoms with Crippen LogP contribution in [0, 0.1) is 6.92 Å². The molecule has 0 aliphatic heterocycles. The summed E-state index contributed by atoms with van der Waals surface area (Å²) >= 11 is 0. The van der Waals surface area contributed by atoms with Crippen molar-refractivity contribution in [2.45, 2.75) is 40.3 Å². The number of aromatic nitrogens is 1. The maximum atomic E-state index is 11.6. The number of aryl methyl sites for hydroxylation is 1. The van der Waals surface area contributed by atoms with Gasteiger partial charge in [0.05, 0.1) is 18.0 Å². The summed E-state index contributed by atoms with van der Waals surface area (Å²) in [6.07, 6.45) is 0. The number of hydrogen-bond acceptors (Lipinski definition) is 5. The normalized spacial score (nSPS) is 14.1. The summed E-state index contributed by atoms with van der Waals surface area (Å²) in [5, 5.41) is 3.83. The second-order valence-corrected chi connectivity index (χ2v) is 6.94. The first-order valence-electron chi connectivity index (χ1n) is 6.24. The molecule has 0 unspecified atom stereocenters. The van der Waals surface area contributed by atoms with Crippen LogP contribution in [0.4, 0.5) is 0 Å². The van der Waals surface area contributed by atoms with E-state index in [0.29, 0.717) is 6.54 Å². The number of rotatable bonds is 7. The van der Waals surface area contributed by atoms with Crippen molar-refractivity contribution in [2.24, 2.45) is 0 Å². The maximum absolute atomic E-state index is 11.6. The van der Waals surface area contributed by atoms with E-state index in [1.807, 2.05) is 26.8 Å². The number of sulfone groups is 1. The molecule has 0 aliphatic rings. The Balaban J connectivity index is 2.66. The minimum absolute atomic E-state index is 0.0228. The summed E-state index contributed by atoms with van der Waals surface area (Å²) in [5.41, 5.74) is 0.842. The van der Waals surface area contributed by atoms with Crippen LogP contribution in [0.2, 0.25) is 0 Å². The fourth-order valence-corrected chi connectivity index (χ4v) is 3.04. The van der Waals surface area contributed by atoms with Gasteiger partial charge < -0.3 is 4.52 Å². The molecule has 18 heavy (non-hydrogen) atoms. The third-order valence-electron chi connectivity index (χ3n) is 3.00. The Kier molecular flexibility index (Phi) is 5.34. The third-order valence-corrected chi connectivity index (χ3v) is 4.87. The first-order chi connectivity index (χ1) is 8.38. The van der Waals surface area contributed by atoms with E-state index >= 15 is 0 Å². The first kappa shape index (κ1) is 15.2. The first-order valence-corrected chi connectivity index (χ1v) is 8.06. The third kappa shape index (κ3) is 4.42. The van der Waals surface area contributed by atoms with Crippen LogP contribution in [0.5, 0.6) is 0 Å². The van der Waals surface area contributed by atoms with Crippen LogP contribution in [-0.4, -0.2) is 42.6 Å². The SMILES string of the molecule is CCN(Cc1cc(C)no1)[C@H](C)CS(=O)(=O)CC. The zero-order chi connectivity index (χ0) is 13.8. The summed E-state index contributed by atoms with van der Waals surface area (Å²) in [5.74, 6) is 1.15. The Morgan fingerprint density at radius 3 is 2.56 bits per heavy atom. The van der Waals surface area contributed by atoms with Gasteiger partial charge in [-0.05, 0) is 20.4 Å². The lowest BCUT2D eigenvalue weighted by molar-refractivity contribution is 0.199. The van der Waals surface area contributed by atoms with E-state index < -0.39 is 9.84 Å². The van der Waals surface area contributed by atoms with Gasteiger partial charge in [-0.3, -0.25) is 4.90 Å². The minimum Gasteiger partial charge on any atom is -0.360 e. The molecule has 5 nitrogen and oxygen atoms in total. The Morgan fingerprint density at radius 1 is 1.44 bits per heavy atom. The lowest BCUT2D eigenvalue weighted by Gasteiger charge is -2.26. The van der Waals surface area contributed by atoms with Crippen molar-refractivity contribution in [2.75, 3.05) is 18.1 Å². The molecule has 0 aromatic carbocycles. The van der Waals surface area contributed by atoms with E-state index in [4.69, 9.17) is 4.52 Å². The standard InChI is InChI=1S/C12H22N2O3S/c1-5-14(8-12-7-10(3)13-17-12)11(4)9-18(15,16)6-2/h7,11H,5-6,8-9H2,1-4H3/t11-/m1/s1. The lowest BCUT2D eigenvalue weighted by atomic mass is 10.3. The monoisotopic (exact) mass is 274 g/mol. The van der Waals surface area contributed by atoms with Gasteiger partial charge in [-0.15, -0.1) is 0 Å². The van der Waals surface area contributed by atoms with Crippen molar-refractivity contribution < 1.29 is 12.9 Å². The van der Waals surface area contributed by atoms with Gasteiger partial charge in [-0.2, -0.15) is 0 Å². The van der Waals surface area contributed by atoms with Crippen molar-refractivity contribution in [1.29, 1.82) is 0 Å². The molecule has 1 heterocycles. The summed E-state index contributed by atoms with van der Waals surface area (Å²) in [7, 11) is -2.95. The highest BCUT2D eigenvalue weighted by Crippen LogP contribution is 2.11. The smallest absolute Gasteiger partial charge is 0.151 e. The molecule has 1 aromatic heterocycles. The average Bonchev–Trinajstić information content (AvgIpc) is 2.71. The van der Waals surface area contributed by atoms with Gasteiger partial charge in [0.15, 0.2) is 15.6 Å². The molecule has 1 atom stereocenters. The molecule has 0 bridgehead atoms. The van der Waals surface area contributed by atoms with E-state index in [1.165, 1.54) is 0 Å². The van der Waals surface area contributed by atoms with Gasteiger partial charge in [0.1, 0.15) is 0 Å². The van der Waals surface area contributed by atoms with Crippen molar-refractivity contribution in [3.63, 3.8) is 0 Å². The lowest BCUT2D eigenvalue weighted by Crippen LogP contribution is -2.37. The number of hydrogen-bond donors (Lipinski definition) is 0. The second kappa shape index (κ2) is 6.33. The molecule has 0 spiro atoms. The van der Waals surface area contributed by atoms with Crippen LogP contribution >= 0.6 is 0 Å². The molecule has 0 fully saturated rings. The number of nitrogens with zero attached hydrogens (tertiary/aromatic N) is 2. The Bertz CT molecular complexity index is 467. The van der Waals surface area contributed by atoms with Crippen molar-refractivity contribution in [3.05, 3.63) is 17.5 Å². The highest BCUT2D eigenvalue weighted by Gasteiger charge is 2.20. The van der Waals surface area contributed by atoms with Gasteiger partial charge in [0.25, 0.3) is 0 Å². The van der Waals surface area contributed by atoms with Crippen LogP contribution in [0.25, 0.3) is 0 Å². The van der Waals surface area contributed by atoms with Crippen LogP contribution in [0.3, 0.4) is 0 Å². The minimum atomic E-state index is -2.95. The van der Waals surface area contributed by atoms with E-state index in [2.05, 4.69) is 10.1 Å². The topological polar surface area (TPSA) is 63.4 Å². The molecular weight excluding hydrogens is 252 g/mol. The maximum Gasteiger partial charge on any atom is 0.151 e. The van der Waals surface area contributed by atoms with E-state index in [0.717, 1.165) is 18.0 Å². The summed E-state index contributed by atoms with van der Waals surface area (Å²) < 4.78 is 28.4. The highest BCUT2D eigenvalue weighted by molar-refractivity contribution is 7.91. The molecule has 0 radical (unpaired) electrons. The van der Waals surface area contributed by atoms with Crippen molar-refractivity contribution in [3.8, 4) is 0 Å². The summed E-state index contributed by atoms with van der Waals surface area (Å²) in [4.78, 5) is 2.08. The van der Waals surface area contributed by atoms with E-state index in [9.17, 15) is 8.42 Å². The zero-order valence-corrected chi connectivity index (χ0v) is 12.3. The molecule has 6 heteroatoms. The predicted octanol–water partition coefficient (Wildman–Crippen LogP) is 1.63. The van der Waals surface area contributed by atoms with Crippen molar-refractivity contribution in [1.82, 2.24) is 10.1 Å². The zero-order valence-electron chi connectivity index (χ0n) is 11.5. The molecule has 0 N–H and O–H groups in total. The van der Waals surface area contributed by atoms with Gasteiger partial charge in [0, 0.05) is 17.9 Å². The molecule has 104 valence electrons. The average molecular weight is 274 g/mol. The molecule has 0 amide bonds. The van der Waals surface area contributed by atoms with Crippen molar-refractivity contribution >= 4 is 9.84 Å². The van der Waals surface area contributed by atoms with E-state index in [-0.39, 0.29) is 17.5 Å². The second-order valence-electron chi connectivity index (χ2n) is 4.55. The quantitative estimate of drug-likeness (QED) is 0.756. The van der Waals surface area contributed by atoms with Crippen LogP contribution in [0.15, 0.2) is 10.6 Å².